The van der Waals surface area contributed by atoms with Crippen molar-refractivity contribution < 1.29 is 9.90 Å². The summed E-state index contributed by atoms with van der Waals surface area (Å²) >= 11 is 0. The molecule has 0 aliphatic heterocycles. The van der Waals surface area contributed by atoms with Crippen LogP contribution in [-0.2, 0) is 19.4 Å². The molecule has 3 aromatic rings. The Balaban J connectivity index is 1.78. The fourth-order valence-corrected chi connectivity index (χ4v) is 3.37. The molecule has 0 unspecified atom stereocenters. The first-order chi connectivity index (χ1) is 14.1. The third kappa shape index (κ3) is 5.28. The molecule has 1 N–H and O–H groups in total. The molecule has 0 saturated carbocycles. The Morgan fingerprint density at radius 1 is 1.03 bits per heavy atom. The van der Waals surface area contributed by atoms with E-state index in [2.05, 4.69) is 18.8 Å². The van der Waals surface area contributed by atoms with Gasteiger partial charge >= 0.3 is 5.97 Å². The van der Waals surface area contributed by atoms with E-state index in [4.69, 9.17) is 10.1 Å². The summed E-state index contributed by atoms with van der Waals surface area (Å²) in [6.45, 7) is 5.01. The Bertz CT molecular complexity index is 948. The maximum Gasteiger partial charge on any atom is 0.355 e. The molecule has 152 valence electrons. The number of aromatic carboxylic acids is 1. The van der Waals surface area contributed by atoms with Crippen LogP contribution in [0.25, 0.3) is 11.1 Å². The summed E-state index contributed by atoms with van der Waals surface area (Å²) in [4.78, 5) is 20.1. The number of nitrogens with zero attached hydrogens (tertiary/aromatic N) is 4. The van der Waals surface area contributed by atoms with E-state index in [1.807, 2.05) is 28.9 Å². The molecule has 2 aromatic heterocycles. The van der Waals surface area contributed by atoms with Crippen molar-refractivity contribution in [2.45, 2.75) is 58.9 Å². The van der Waals surface area contributed by atoms with Gasteiger partial charge < -0.3 is 5.11 Å². The quantitative estimate of drug-likeness (QED) is 0.503. The average Bonchev–Trinajstić information content (AvgIpc) is 3.10. The van der Waals surface area contributed by atoms with Crippen LogP contribution in [-0.4, -0.2) is 30.8 Å². The second-order valence-electron chi connectivity index (χ2n) is 7.21. The minimum atomic E-state index is -1.02. The number of benzene rings is 1. The fraction of sp³-hybridized carbons (Fsp3) is 0.391. The zero-order valence-corrected chi connectivity index (χ0v) is 17.1. The minimum Gasteiger partial charge on any atom is -0.476 e. The normalized spacial score (nSPS) is 11.0. The smallest absolute Gasteiger partial charge is 0.355 e. The number of hydrogen-bond donors (Lipinski definition) is 1. The molecule has 0 saturated heterocycles. The first-order valence-electron chi connectivity index (χ1n) is 10.3. The Morgan fingerprint density at radius 3 is 2.52 bits per heavy atom. The van der Waals surface area contributed by atoms with Crippen molar-refractivity contribution in [1.29, 1.82) is 0 Å². The van der Waals surface area contributed by atoms with E-state index in [0.29, 0.717) is 12.1 Å². The molecule has 0 aliphatic rings. The van der Waals surface area contributed by atoms with Gasteiger partial charge in [-0.25, -0.2) is 19.4 Å². The summed E-state index contributed by atoms with van der Waals surface area (Å²) in [5, 5.41) is 14.1. The highest BCUT2D eigenvalue weighted by Crippen LogP contribution is 2.23. The number of rotatable bonds is 10. The highest BCUT2D eigenvalue weighted by molar-refractivity contribution is 5.93. The van der Waals surface area contributed by atoms with Crippen molar-refractivity contribution in [2.75, 3.05) is 0 Å². The maximum atomic E-state index is 11.4. The zero-order chi connectivity index (χ0) is 20.6. The van der Waals surface area contributed by atoms with Crippen LogP contribution < -0.4 is 0 Å². The molecule has 2 heterocycles. The third-order valence-electron chi connectivity index (χ3n) is 4.88. The third-order valence-corrected chi connectivity index (χ3v) is 4.88. The van der Waals surface area contributed by atoms with Crippen LogP contribution in [0, 0.1) is 0 Å². The van der Waals surface area contributed by atoms with Crippen LogP contribution in [0.4, 0.5) is 0 Å². The number of carbonyl (C=O) groups is 1. The molecule has 29 heavy (non-hydrogen) atoms. The topological polar surface area (TPSA) is 80.9 Å². The molecule has 0 radical (unpaired) electrons. The summed E-state index contributed by atoms with van der Waals surface area (Å²) in [5.74, 6) is 0.940. The molecule has 1 aromatic carbocycles. The average molecular weight is 393 g/mol. The molecule has 0 bridgehead atoms. The van der Waals surface area contributed by atoms with Crippen molar-refractivity contribution >= 4 is 5.97 Å². The predicted octanol–water partition coefficient (Wildman–Crippen LogP) is 4.77. The first kappa shape index (κ1) is 20.7. The summed E-state index contributed by atoms with van der Waals surface area (Å²) < 4.78 is 2.01. The van der Waals surface area contributed by atoms with Gasteiger partial charge in [0.05, 0.1) is 6.54 Å². The molecular weight excluding hydrogens is 364 g/mol. The number of pyridine rings is 1. The van der Waals surface area contributed by atoms with E-state index in [0.717, 1.165) is 48.5 Å². The lowest BCUT2D eigenvalue weighted by Gasteiger charge is -2.08. The van der Waals surface area contributed by atoms with Gasteiger partial charge in [0, 0.05) is 24.6 Å². The monoisotopic (exact) mass is 392 g/mol. The van der Waals surface area contributed by atoms with Crippen molar-refractivity contribution in [3.63, 3.8) is 0 Å². The van der Waals surface area contributed by atoms with Crippen LogP contribution in [0.3, 0.4) is 0 Å². The zero-order valence-electron chi connectivity index (χ0n) is 17.1. The number of hydrogen-bond acceptors (Lipinski definition) is 4. The van der Waals surface area contributed by atoms with Gasteiger partial charge in [0.2, 0.25) is 0 Å². The SMILES string of the molecule is CCCCCc1nc(CCC)n(Cc2ccc(-c3cccnc3C(=O)O)cc2)n1. The van der Waals surface area contributed by atoms with Crippen molar-refractivity contribution in [2.24, 2.45) is 0 Å². The second kappa shape index (κ2) is 9.96. The van der Waals surface area contributed by atoms with Gasteiger partial charge in [-0.05, 0) is 30.0 Å². The van der Waals surface area contributed by atoms with Crippen LogP contribution >= 0.6 is 0 Å². The molecule has 0 atom stereocenters. The molecule has 6 heteroatoms. The van der Waals surface area contributed by atoms with E-state index in [-0.39, 0.29) is 5.69 Å². The van der Waals surface area contributed by atoms with Gasteiger partial charge in [0.15, 0.2) is 11.5 Å². The van der Waals surface area contributed by atoms with Crippen LogP contribution in [0.5, 0.6) is 0 Å². The van der Waals surface area contributed by atoms with Gasteiger partial charge in [-0.3, -0.25) is 0 Å². The molecular formula is C23H28N4O2. The van der Waals surface area contributed by atoms with Gasteiger partial charge in [0.25, 0.3) is 0 Å². The van der Waals surface area contributed by atoms with Gasteiger partial charge in [-0.2, -0.15) is 5.10 Å². The lowest BCUT2D eigenvalue weighted by atomic mass is 10.0. The standard InChI is InChI=1S/C23H28N4O2/c1-3-5-6-10-20-25-21(8-4-2)27(26-20)16-17-11-13-18(14-12-17)19-9-7-15-24-22(19)23(28)29/h7,9,11-15H,3-6,8,10,16H2,1-2H3,(H,28,29). The van der Waals surface area contributed by atoms with Crippen LogP contribution in [0.1, 0.15) is 67.2 Å². The number of aromatic nitrogens is 4. The second-order valence-corrected chi connectivity index (χ2v) is 7.21. The number of carboxylic acids is 1. The van der Waals surface area contributed by atoms with Gasteiger partial charge in [0.1, 0.15) is 5.82 Å². The van der Waals surface area contributed by atoms with E-state index in [1.54, 1.807) is 12.1 Å². The fourth-order valence-electron chi connectivity index (χ4n) is 3.37. The van der Waals surface area contributed by atoms with Crippen molar-refractivity contribution in [3.05, 3.63) is 65.5 Å². The molecule has 0 fully saturated rings. The molecule has 6 nitrogen and oxygen atoms in total. The lowest BCUT2D eigenvalue weighted by Crippen LogP contribution is -2.07. The molecule has 0 aliphatic carbocycles. The van der Waals surface area contributed by atoms with Gasteiger partial charge in [-0.1, -0.05) is 57.0 Å². The van der Waals surface area contributed by atoms with Crippen molar-refractivity contribution in [1.82, 2.24) is 19.7 Å². The summed E-state index contributed by atoms with van der Waals surface area (Å²) in [6, 6.07) is 11.5. The Kier molecular flexibility index (Phi) is 7.11. The largest absolute Gasteiger partial charge is 0.476 e. The Hall–Kier alpha value is -3.02. The highest BCUT2D eigenvalue weighted by atomic mass is 16.4. The predicted molar refractivity (Wildman–Crippen MR) is 113 cm³/mol. The van der Waals surface area contributed by atoms with E-state index in [9.17, 15) is 9.90 Å². The summed E-state index contributed by atoms with van der Waals surface area (Å²) in [5.41, 5.74) is 2.64. The van der Waals surface area contributed by atoms with E-state index >= 15 is 0 Å². The highest BCUT2D eigenvalue weighted by Gasteiger charge is 2.13. The molecule has 0 spiro atoms. The lowest BCUT2D eigenvalue weighted by molar-refractivity contribution is 0.0691. The maximum absolute atomic E-state index is 11.4. The molecule has 3 rings (SSSR count). The molecule has 0 amide bonds. The summed E-state index contributed by atoms with van der Waals surface area (Å²) in [7, 11) is 0. The van der Waals surface area contributed by atoms with Crippen molar-refractivity contribution in [3.8, 4) is 11.1 Å². The first-order valence-corrected chi connectivity index (χ1v) is 10.3. The van der Waals surface area contributed by atoms with Crippen LogP contribution in [0.15, 0.2) is 42.6 Å². The number of unbranched alkanes of at least 4 members (excludes halogenated alkanes) is 2. The van der Waals surface area contributed by atoms with E-state index < -0.39 is 5.97 Å². The Morgan fingerprint density at radius 2 is 1.83 bits per heavy atom. The van der Waals surface area contributed by atoms with Gasteiger partial charge in [-0.15, -0.1) is 0 Å². The summed E-state index contributed by atoms with van der Waals surface area (Å²) in [6.07, 6.45) is 7.88. The van der Waals surface area contributed by atoms with E-state index in [1.165, 1.54) is 19.0 Å². The number of aryl methyl sites for hydroxylation is 2. The minimum absolute atomic E-state index is 0.0680. The van der Waals surface area contributed by atoms with Crippen LogP contribution in [0.2, 0.25) is 0 Å². The number of carboxylic acid groups (broad SMARTS) is 1. The Labute approximate surface area is 171 Å².